The lowest BCUT2D eigenvalue weighted by Crippen LogP contribution is -2.21. The van der Waals surface area contributed by atoms with E-state index in [1.807, 2.05) is 26.0 Å². The van der Waals surface area contributed by atoms with Crippen LogP contribution in [0, 0.1) is 25.2 Å². The molecule has 0 amide bonds. The summed E-state index contributed by atoms with van der Waals surface area (Å²) < 4.78 is 5.50. The SMILES string of the molecule is Cc1cc(C)cc(C2C(C#N)=C(N)Oc3cc(O)ccc32)c1. The highest BCUT2D eigenvalue weighted by atomic mass is 16.5. The molecule has 0 radical (unpaired) electrons. The van der Waals surface area contributed by atoms with E-state index in [1.54, 1.807) is 12.1 Å². The van der Waals surface area contributed by atoms with Crippen LogP contribution in [0.1, 0.15) is 28.2 Å². The molecule has 0 saturated heterocycles. The van der Waals surface area contributed by atoms with Crippen molar-refractivity contribution in [3.63, 3.8) is 0 Å². The Labute approximate surface area is 129 Å². The van der Waals surface area contributed by atoms with Crippen LogP contribution in [-0.4, -0.2) is 5.11 Å². The van der Waals surface area contributed by atoms with E-state index in [9.17, 15) is 10.4 Å². The fraction of sp³-hybridized carbons (Fsp3) is 0.167. The maximum atomic E-state index is 9.64. The average Bonchev–Trinajstić information content (AvgIpc) is 2.44. The number of nitrogens with zero attached hydrogens (tertiary/aromatic N) is 1. The normalized spacial score (nSPS) is 16.7. The van der Waals surface area contributed by atoms with Crippen molar-refractivity contribution in [1.29, 1.82) is 5.26 Å². The molecule has 0 saturated carbocycles. The van der Waals surface area contributed by atoms with Gasteiger partial charge in [-0.1, -0.05) is 35.4 Å². The summed E-state index contributed by atoms with van der Waals surface area (Å²) >= 11 is 0. The van der Waals surface area contributed by atoms with Crippen LogP contribution < -0.4 is 10.5 Å². The van der Waals surface area contributed by atoms with Crippen LogP contribution in [0.15, 0.2) is 47.9 Å². The Morgan fingerprint density at radius 1 is 1.14 bits per heavy atom. The van der Waals surface area contributed by atoms with Gasteiger partial charge in [0.15, 0.2) is 0 Å². The van der Waals surface area contributed by atoms with Gasteiger partial charge in [0.1, 0.15) is 23.1 Å². The minimum Gasteiger partial charge on any atom is -0.508 e. The van der Waals surface area contributed by atoms with Gasteiger partial charge in [-0.3, -0.25) is 0 Å². The summed E-state index contributed by atoms with van der Waals surface area (Å²) in [6, 6.07) is 13.2. The molecule has 1 atom stereocenters. The Morgan fingerprint density at radius 2 is 1.82 bits per heavy atom. The molecule has 2 aromatic carbocycles. The van der Waals surface area contributed by atoms with Crippen LogP contribution in [-0.2, 0) is 0 Å². The van der Waals surface area contributed by atoms with Crippen LogP contribution in [0.2, 0.25) is 0 Å². The molecule has 0 bridgehead atoms. The highest BCUT2D eigenvalue weighted by molar-refractivity contribution is 5.57. The highest BCUT2D eigenvalue weighted by Gasteiger charge is 2.30. The van der Waals surface area contributed by atoms with E-state index >= 15 is 0 Å². The van der Waals surface area contributed by atoms with Gasteiger partial charge in [-0.2, -0.15) is 5.26 Å². The van der Waals surface area contributed by atoms with Crippen molar-refractivity contribution in [3.05, 3.63) is 70.1 Å². The van der Waals surface area contributed by atoms with Gasteiger partial charge < -0.3 is 15.6 Å². The topological polar surface area (TPSA) is 79.3 Å². The first kappa shape index (κ1) is 14.0. The monoisotopic (exact) mass is 292 g/mol. The third kappa shape index (κ3) is 2.27. The first-order chi connectivity index (χ1) is 10.5. The highest BCUT2D eigenvalue weighted by Crippen LogP contribution is 2.43. The maximum absolute atomic E-state index is 9.64. The lowest BCUT2D eigenvalue weighted by Gasteiger charge is -2.27. The lowest BCUT2D eigenvalue weighted by molar-refractivity contribution is 0.388. The lowest BCUT2D eigenvalue weighted by atomic mass is 9.82. The molecule has 22 heavy (non-hydrogen) atoms. The number of nitriles is 1. The Morgan fingerprint density at radius 3 is 2.45 bits per heavy atom. The second-order valence-corrected chi connectivity index (χ2v) is 5.57. The summed E-state index contributed by atoms with van der Waals surface area (Å²) in [4.78, 5) is 0. The molecule has 0 aliphatic carbocycles. The molecule has 1 heterocycles. The van der Waals surface area contributed by atoms with Crippen molar-refractivity contribution in [1.82, 2.24) is 0 Å². The third-order valence-corrected chi connectivity index (χ3v) is 3.78. The zero-order valence-corrected chi connectivity index (χ0v) is 12.4. The minimum absolute atomic E-state index is 0.0877. The Kier molecular flexibility index (Phi) is 3.26. The number of phenols is 1. The van der Waals surface area contributed by atoms with Crippen LogP contribution in [0.4, 0.5) is 0 Å². The second-order valence-electron chi connectivity index (χ2n) is 5.57. The van der Waals surface area contributed by atoms with E-state index in [0.717, 1.165) is 22.3 Å². The summed E-state index contributed by atoms with van der Waals surface area (Å²) in [5.74, 6) is 0.393. The molecule has 2 aromatic rings. The largest absolute Gasteiger partial charge is 0.508 e. The van der Waals surface area contributed by atoms with Gasteiger partial charge >= 0.3 is 0 Å². The van der Waals surface area contributed by atoms with Crippen LogP contribution in [0.5, 0.6) is 11.5 Å². The molecule has 4 heteroatoms. The molecule has 3 rings (SSSR count). The van der Waals surface area contributed by atoms with Crippen molar-refractivity contribution < 1.29 is 9.84 Å². The number of aryl methyl sites for hydroxylation is 2. The maximum Gasteiger partial charge on any atom is 0.205 e. The standard InChI is InChI=1S/C18H16N2O2/c1-10-5-11(2)7-12(6-10)17-14-4-3-13(21)8-16(14)22-18(20)15(17)9-19/h3-8,17,21H,20H2,1-2H3. The zero-order valence-electron chi connectivity index (χ0n) is 12.4. The van der Waals surface area contributed by atoms with Crippen LogP contribution in [0.3, 0.4) is 0 Å². The first-order valence-corrected chi connectivity index (χ1v) is 6.98. The molecule has 110 valence electrons. The van der Waals surface area contributed by atoms with Crippen molar-refractivity contribution in [2.24, 2.45) is 5.73 Å². The predicted molar refractivity (Wildman–Crippen MR) is 83.3 cm³/mol. The number of nitrogens with two attached hydrogens (primary N) is 1. The Bertz CT molecular complexity index is 811. The fourth-order valence-corrected chi connectivity index (χ4v) is 2.96. The molecular weight excluding hydrogens is 276 g/mol. The predicted octanol–water partition coefficient (Wildman–Crippen LogP) is 3.23. The number of aromatic hydroxyl groups is 1. The van der Waals surface area contributed by atoms with Gasteiger partial charge in [0, 0.05) is 11.6 Å². The van der Waals surface area contributed by atoms with Gasteiger partial charge in [0.2, 0.25) is 5.88 Å². The van der Waals surface area contributed by atoms with E-state index in [0.29, 0.717) is 11.3 Å². The Balaban J connectivity index is 2.26. The number of ether oxygens (including phenoxy) is 1. The van der Waals surface area contributed by atoms with Gasteiger partial charge in [-0.05, 0) is 25.5 Å². The van der Waals surface area contributed by atoms with Crippen molar-refractivity contribution in [2.45, 2.75) is 19.8 Å². The average molecular weight is 292 g/mol. The van der Waals surface area contributed by atoms with Crippen molar-refractivity contribution in [3.8, 4) is 17.6 Å². The van der Waals surface area contributed by atoms with Crippen LogP contribution in [0.25, 0.3) is 0 Å². The quantitative estimate of drug-likeness (QED) is 0.845. The van der Waals surface area contributed by atoms with Crippen molar-refractivity contribution >= 4 is 0 Å². The number of phenolic OH excluding ortho intramolecular Hbond substituents is 1. The zero-order chi connectivity index (χ0) is 15.9. The van der Waals surface area contributed by atoms with Crippen LogP contribution >= 0.6 is 0 Å². The Hall–Kier alpha value is -2.93. The fourth-order valence-electron chi connectivity index (χ4n) is 2.96. The van der Waals surface area contributed by atoms with E-state index < -0.39 is 0 Å². The smallest absolute Gasteiger partial charge is 0.205 e. The molecular formula is C18H16N2O2. The third-order valence-electron chi connectivity index (χ3n) is 3.78. The molecule has 0 spiro atoms. The first-order valence-electron chi connectivity index (χ1n) is 6.98. The molecule has 0 aromatic heterocycles. The number of hydrogen-bond acceptors (Lipinski definition) is 4. The van der Waals surface area contributed by atoms with Crippen molar-refractivity contribution in [2.75, 3.05) is 0 Å². The van der Waals surface area contributed by atoms with Gasteiger partial charge in [0.25, 0.3) is 0 Å². The van der Waals surface area contributed by atoms with E-state index in [1.165, 1.54) is 6.07 Å². The summed E-state index contributed by atoms with van der Waals surface area (Å²) in [5.41, 5.74) is 10.4. The van der Waals surface area contributed by atoms with Gasteiger partial charge in [0.05, 0.1) is 5.92 Å². The number of fused-ring (bicyclic) bond motifs is 1. The molecule has 1 unspecified atom stereocenters. The van der Waals surface area contributed by atoms with Gasteiger partial charge in [-0.25, -0.2) is 0 Å². The molecule has 4 nitrogen and oxygen atoms in total. The van der Waals surface area contributed by atoms with Gasteiger partial charge in [-0.15, -0.1) is 0 Å². The number of allylic oxidation sites excluding steroid dienone is 1. The number of hydrogen-bond donors (Lipinski definition) is 2. The summed E-state index contributed by atoms with van der Waals surface area (Å²) in [6.45, 7) is 4.04. The summed E-state index contributed by atoms with van der Waals surface area (Å²) in [5, 5.41) is 19.1. The molecule has 1 aliphatic heterocycles. The van der Waals surface area contributed by atoms with E-state index in [-0.39, 0.29) is 17.6 Å². The summed E-state index contributed by atoms with van der Waals surface area (Å²) in [7, 11) is 0. The van der Waals surface area contributed by atoms with E-state index in [2.05, 4.69) is 12.1 Å². The molecule has 1 aliphatic rings. The second kappa shape index (κ2) is 5.12. The number of benzene rings is 2. The summed E-state index contributed by atoms with van der Waals surface area (Å²) in [6.07, 6.45) is 0. The minimum atomic E-state index is -0.284. The molecule has 0 fully saturated rings. The molecule has 3 N–H and O–H groups in total. The number of rotatable bonds is 1. The van der Waals surface area contributed by atoms with E-state index in [4.69, 9.17) is 10.5 Å².